The molecule has 2 bridgehead atoms. The molecule has 3 aliphatic heterocycles. The van der Waals surface area contributed by atoms with Crippen LogP contribution in [0.3, 0.4) is 0 Å². The van der Waals surface area contributed by atoms with Gasteiger partial charge in [0.25, 0.3) is 0 Å². The highest BCUT2D eigenvalue weighted by atomic mass is 32.2. The summed E-state index contributed by atoms with van der Waals surface area (Å²) in [5.74, 6) is -0.954. The molecule has 3 heterocycles. The quantitative estimate of drug-likeness (QED) is 0.426. The molecule has 3 aliphatic rings. The predicted molar refractivity (Wildman–Crippen MR) is 118 cm³/mol. The molecule has 1 spiro atoms. The van der Waals surface area contributed by atoms with Crippen molar-refractivity contribution in [1.82, 2.24) is 15.5 Å². The SMILES string of the molecule is CCCNC(=O)[C@@H]1[C@H]2C(=O)N(CCCCO)C(C(=O)NC(C)CCC)C23CC[C@H]1S3. The molecule has 0 aromatic heterocycles. The first kappa shape index (κ1) is 23.4. The minimum atomic E-state index is -0.535. The van der Waals surface area contributed by atoms with E-state index in [1.54, 1.807) is 16.7 Å². The van der Waals surface area contributed by atoms with E-state index in [0.29, 0.717) is 25.9 Å². The van der Waals surface area contributed by atoms with Crippen LogP contribution in [0.2, 0.25) is 0 Å². The van der Waals surface area contributed by atoms with Crippen LogP contribution < -0.4 is 10.6 Å². The van der Waals surface area contributed by atoms with Crippen LogP contribution in [0, 0.1) is 11.8 Å². The predicted octanol–water partition coefficient (Wildman–Crippen LogP) is 1.68. The number of thioether (sulfide) groups is 1. The van der Waals surface area contributed by atoms with E-state index in [9.17, 15) is 19.5 Å². The Bertz CT molecular complexity index is 660. The fourth-order valence-corrected chi connectivity index (χ4v) is 7.80. The molecule has 3 amide bonds. The number of amides is 3. The highest BCUT2D eigenvalue weighted by Gasteiger charge is 2.73. The third-order valence-electron chi connectivity index (χ3n) is 6.82. The third-order valence-corrected chi connectivity index (χ3v) is 8.77. The molecule has 3 fully saturated rings. The number of aliphatic hydroxyl groups excluding tert-OH is 1. The second-order valence-corrected chi connectivity index (χ2v) is 10.6. The van der Waals surface area contributed by atoms with Crippen LogP contribution in [0.25, 0.3) is 0 Å². The van der Waals surface area contributed by atoms with E-state index in [2.05, 4.69) is 17.6 Å². The second kappa shape index (κ2) is 9.90. The Morgan fingerprint density at radius 1 is 1.27 bits per heavy atom. The fourth-order valence-electron chi connectivity index (χ4n) is 5.58. The van der Waals surface area contributed by atoms with Crippen molar-refractivity contribution < 1.29 is 19.5 Å². The van der Waals surface area contributed by atoms with Crippen LogP contribution in [0.5, 0.6) is 0 Å². The highest BCUT2D eigenvalue weighted by molar-refractivity contribution is 8.02. The molecule has 3 N–H and O–H groups in total. The average Bonchev–Trinajstić information content (AvgIpc) is 3.34. The van der Waals surface area contributed by atoms with Crippen molar-refractivity contribution in [3.8, 4) is 0 Å². The topological polar surface area (TPSA) is 98.7 Å². The van der Waals surface area contributed by atoms with Gasteiger partial charge in [-0.25, -0.2) is 0 Å². The van der Waals surface area contributed by atoms with E-state index in [-0.39, 0.29) is 41.5 Å². The molecule has 8 heteroatoms. The van der Waals surface area contributed by atoms with Gasteiger partial charge in [0.2, 0.25) is 17.7 Å². The number of fused-ring (bicyclic) bond motifs is 1. The van der Waals surface area contributed by atoms with Gasteiger partial charge in [-0.15, -0.1) is 11.8 Å². The maximum absolute atomic E-state index is 13.6. The molecule has 0 aromatic carbocycles. The van der Waals surface area contributed by atoms with Crippen LogP contribution >= 0.6 is 11.8 Å². The number of nitrogens with one attached hydrogen (secondary N) is 2. The maximum Gasteiger partial charge on any atom is 0.244 e. The van der Waals surface area contributed by atoms with Crippen LogP contribution in [0.15, 0.2) is 0 Å². The number of hydrogen-bond acceptors (Lipinski definition) is 5. The molecule has 0 saturated carbocycles. The number of carbonyl (C=O) groups is 3. The van der Waals surface area contributed by atoms with Crippen molar-refractivity contribution in [3.63, 3.8) is 0 Å². The zero-order valence-electron chi connectivity index (χ0n) is 18.5. The van der Waals surface area contributed by atoms with Gasteiger partial charge in [-0.3, -0.25) is 14.4 Å². The zero-order chi connectivity index (χ0) is 21.9. The van der Waals surface area contributed by atoms with Gasteiger partial charge in [-0.1, -0.05) is 20.3 Å². The third kappa shape index (κ3) is 4.09. The molecule has 30 heavy (non-hydrogen) atoms. The molecule has 0 radical (unpaired) electrons. The molecule has 3 rings (SSSR count). The summed E-state index contributed by atoms with van der Waals surface area (Å²) in [7, 11) is 0. The monoisotopic (exact) mass is 439 g/mol. The van der Waals surface area contributed by atoms with Gasteiger partial charge < -0.3 is 20.6 Å². The molecule has 3 saturated heterocycles. The Hall–Kier alpha value is -1.28. The number of unbranched alkanes of at least 4 members (excludes halogenated alkanes) is 1. The van der Waals surface area contributed by atoms with Crippen LogP contribution in [0.1, 0.15) is 65.7 Å². The number of likely N-dealkylation sites (tertiary alicyclic amines) is 1. The van der Waals surface area contributed by atoms with Gasteiger partial charge in [-0.2, -0.15) is 0 Å². The van der Waals surface area contributed by atoms with Crippen molar-refractivity contribution >= 4 is 29.5 Å². The standard InChI is InChI=1S/C22H37N3O4S/c1-4-8-14(3)24-20(28)18-22-10-9-15(30-22)16(19(27)23-11-5-2)17(22)21(29)25(18)12-6-7-13-26/h14-18,26H,4-13H2,1-3H3,(H,23,27)(H,24,28)/t14?,15-,16+,17+,18?,22?/m1/s1. The Morgan fingerprint density at radius 2 is 2.03 bits per heavy atom. The first-order chi connectivity index (χ1) is 14.4. The summed E-state index contributed by atoms with van der Waals surface area (Å²) >= 11 is 1.71. The first-order valence-corrected chi connectivity index (χ1v) is 12.5. The van der Waals surface area contributed by atoms with Crippen LogP contribution in [-0.4, -0.2) is 69.5 Å². The highest BCUT2D eigenvalue weighted by Crippen LogP contribution is 2.66. The number of hydrogen-bond donors (Lipinski definition) is 3. The van der Waals surface area contributed by atoms with Crippen molar-refractivity contribution in [1.29, 1.82) is 0 Å². The smallest absolute Gasteiger partial charge is 0.244 e. The fraction of sp³-hybridized carbons (Fsp3) is 0.864. The first-order valence-electron chi connectivity index (χ1n) is 11.6. The van der Waals surface area contributed by atoms with Gasteiger partial charge in [-0.05, 0) is 45.4 Å². The molecular formula is C22H37N3O4S. The lowest BCUT2D eigenvalue weighted by Gasteiger charge is -2.35. The molecule has 0 aromatic rings. The lowest BCUT2D eigenvalue weighted by Crippen LogP contribution is -2.55. The summed E-state index contributed by atoms with van der Waals surface area (Å²) in [4.78, 5) is 41.7. The minimum absolute atomic E-state index is 0.0370. The van der Waals surface area contributed by atoms with E-state index >= 15 is 0 Å². The van der Waals surface area contributed by atoms with Crippen molar-refractivity contribution in [2.24, 2.45) is 11.8 Å². The Balaban J connectivity index is 1.88. The zero-order valence-corrected chi connectivity index (χ0v) is 19.3. The minimum Gasteiger partial charge on any atom is -0.396 e. The van der Waals surface area contributed by atoms with E-state index in [1.807, 2.05) is 13.8 Å². The van der Waals surface area contributed by atoms with Crippen LogP contribution in [-0.2, 0) is 14.4 Å². The van der Waals surface area contributed by atoms with E-state index in [4.69, 9.17) is 0 Å². The molecular weight excluding hydrogens is 402 g/mol. The number of carbonyl (C=O) groups excluding carboxylic acids is 3. The molecule has 7 nitrogen and oxygen atoms in total. The van der Waals surface area contributed by atoms with Gasteiger partial charge in [0.1, 0.15) is 6.04 Å². The lowest BCUT2D eigenvalue weighted by atomic mass is 9.70. The summed E-state index contributed by atoms with van der Waals surface area (Å²) in [5, 5.41) is 15.4. The van der Waals surface area contributed by atoms with Gasteiger partial charge in [0, 0.05) is 31.0 Å². The van der Waals surface area contributed by atoms with Gasteiger partial charge >= 0.3 is 0 Å². The summed E-state index contributed by atoms with van der Waals surface area (Å²) in [6.07, 6.45) is 5.65. The van der Waals surface area contributed by atoms with Crippen molar-refractivity contribution in [2.45, 2.75) is 87.8 Å². The number of rotatable bonds is 11. The lowest BCUT2D eigenvalue weighted by molar-refractivity contribution is -0.140. The summed E-state index contributed by atoms with van der Waals surface area (Å²) < 4.78 is -0.509. The molecule has 3 unspecified atom stereocenters. The number of aliphatic hydroxyl groups is 1. The van der Waals surface area contributed by atoms with E-state index in [0.717, 1.165) is 32.1 Å². The summed E-state index contributed by atoms with van der Waals surface area (Å²) in [6.45, 7) is 7.24. The summed E-state index contributed by atoms with van der Waals surface area (Å²) in [6, 6.07) is -0.480. The largest absolute Gasteiger partial charge is 0.396 e. The Labute approximate surface area is 184 Å². The van der Waals surface area contributed by atoms with Gasteiger partial charge in [0.05, 0.1) is 16.6 Å². The van der Waals surface area contributed by atoms with E-state index < -0.39 is 16.7 Å². The average molecular weight is 440 g/mol. The van der Waals surface area contributed by atoms with Gasteiger partial charge in [0.15, 0.2) is 0 Å². The van der Waals surface area contributed by atoms with Crippen molar-refractivity contribution in [2.75, 3.05) is 19.7 Å². The molecule has 6 atom stereocenters. The molecule has 170 valence electrons. The maximum atomic E-state index is 13.6. The second-order valence-electron chi connectivity index (χ2n) is 9.01. The Kier molecular flexibility index (Phi) is 7.71. The van der Waals surface area contributed by atoms with E-state index in [1.165, 1.54) is 0 Å². The summed E-state index contributed by atoms with van der Waals surface area (Å²) in [5.41, 5.74) is 0. The number of nitrogens with zero attached hydrogens (tertiary/aromatic N) is 1. The van der Waals surface area contributed by atoms with Crippen LogP contribution in [0.4, 0.5) is 0 Å². The Morgan fingerprint density at radius 3 is 2.70 bits per heavy atom. The normalized spacial score (nSPS) is 32.9. The molecule has 0 aliphatic carbocycles. The van der Waals surface area contributed by atoms with Crippen molar-refractivity contribution in [3.05, 3.63) is 0 Å².